The molecule has 0 bridgehead atoms. The van der Waals surface area contributed by atoms with E-state index in [1.165, 1.54) is 24.1 Å². The van der Waals surface area contributed by atoms with Crippen LogP contribution in [0.3, 0.4) is 0 Å². The van der Waals surface area contributed by atoms with E-state index in [1.807, 2.05) is 6.92 Å². The van der Waals surface area contributed by atoms with E-state index >= 15 is 0 Å². The molecule has 0 saturated carbocycles. The number of nitrogens with one attached hydrogen (secondary N) is 2. The fourth-order valence-electron chi connectivity index (χ4n) is 1.77. The number of rotatable bonds is 6. The smallest absolute Gasteiger partial charge is 0.358 e. The highest BCUT2D eigenvalue weighted by Gasteiger charge is 2.37. The molecule has 0 unspecified atom stereocenters. The summed E-state index contributed by atoms with van der Waals surface area (Å²) >= 11 is 0. The topological polar surface area (TPSA) is 163 Å². The molecule has 0 radical (unpaired) electrons. The maximum atomic E-state index is 11.9. The average Bonchev–Trinajstić information content (AvgIpc) is 3.09. The third-order valence-electron chi connectivity index (χ3n) is 2.87. The molecule has 2 aromatic rings. The van der Waals surface area contributed by atoms with Crippen molar-refractivity contribution < 1.29 is 14.6 Å². The molecule has 2 heterocycles. The summed E-state index contributed by atoms with van der Waals surface area (Å²) in [5.41, 5.74) is 3.87. The van der Waals surface area contributed by atoms with Gasteiger partial charge in [0.05, 0.1) is 28.8 Å². The van der Waals surface area contributed by atoms with Crippen LogP contribution >= 0.6 is 0 Å². The van der Waals surface area contributed by atoms with Crippen molar-refractivity contribution in [2.45, 2.75) is 13.5 Å². The van der Waals surface area contributed by atoms with Crippen LogP contribution in [0.1, 0.15) is 17.3 Å². The first kappa shape index (κ1) is 15.9. The lowest BCUT2D eigenvalue weighted by Crippen LogP contribution is -2.30. The third kappa shape index (κ3) is 3.07. The van der Waals surface area contributed by atoms with Crippen molar-refractivity contribution in [3.05, 3.63) is 38.2 Å². The summed E-state index contributed by atoms with van der Waals surface area (Å²) in [4.78, 5) is 31.8. The molecule has 13 heteroatoms. The Bertz CT molecular complexity index is 778. The molecule has 2 rings (SSSR count). The van der Waals surface area contributed by atoms with Crippen LogP contribution in [-0.2, 0) is 13.6 Å². The van der Waals surface area contributed by atoms with Gasteiger partial charge in [-0.05, 0) is 11.8 Å². The Labute approximate surface area is 128 Å². The van der Waals surface area contributed by atoms with Crippen molar-refractivity contribution in [1.29, 1.82) is 0 Å². The second-order valence-corrected chi connectivity index (χ2v) is 4.32. The van der Waals surface area contributed by atoms with Gasteiger partial charge < -0.3 is 10.1 Å². The fourth-order valence-corrected chi connectivity index (χ4v) is 1.77. The molecule has 0 atom stereocenters. The number of nitrogens with zero attached hydrogens (tertiary/aromatic N) is 6. The molecule has 0 saturated heterocycles. The van der Waals surface area contributed by atoms with Crippen LogP contribution in [0.15, 0.2) is 12.4 Å². The zero-order chi connectivity index (χ0) is 17.1. The van der Waals surface area contributed by atoms with Gasteiger partial charge in [0.2, 0.25) is 0 Å². The van der Waals surface area contributed by atoms with E-state index in [2.05, 4.69) is 21.0 Å². The Hall–Kier alpha value is -3.51. The minimum Gasteiger partial charge on any atom is -0.358 e. The normalized spacial score (nSPS) is 10.3. The fraction of sp³-hybridized carbons (Fsp3) is 0.300. The Morgan fingerprint density at radius 2 is 2.04 bits per heavy atom. The molecular weight excluding hydrogens is 312 g/mol. The first-order valence-corrected chi connectivity index (χ1v) is 6.29. The standard InChI is InChI=1S/C10H12N8O5/c1-3-16-5-6(4-11-16)10(19)13-12-8-7(17(20)21)9(18(22)23)14-15(8)2/h4-5,12H,3H2,1-2H3,(H,13,19). The van der Waals surface area contributed by atoms with Crippen molar-refractivity contribution in [1.82, 2.24) is 25.0 Å². The predicted molar refractivity (Wildman–Crippen MR) is 75.5 cm³/mol. The lowest BCUT2D eigenvalue weighted by Gasteiger charge is -2.05. The molecule has 0 fully saturated rings. The van der Waals surface area contributed by atoms with Crippen LogP contribution in [0.4, 0.5) is 17.3 Å². The summed E-state index contributed by atoms with van der Waals surface area (Å²) in [6, 6.07) is 0. The summed E-state index contributed by atoms with van der Waals surface area (Å²) in [5, 5.41) is 29.1. The van der Waals surface area contributed by atoms with Crippen molar-refractivity contribution in [2.75, 3.05) is 5.43 Å². The van der Waals surface area contributed by atoms with E-state index in [1.54, 1.807) is 0 Å². The third-order valence-corrected chi connectivity index (χ3v) is 2.87. The Morgan fingerprint density at radius 3 is 2.57 bits per heavy atom. The van der Waals surface area contributed by atoms with E-state index in [0.29, 0.717) is 6.54 Å². The van der Waals surface area contributed by atoms with Crippen LogP contribution in [0.2, 0.25) is 0 Å². The summed E-state index contributed by atoms with van der Waals surface area (Å²) < 4.78 is 2.41. The second-order valence-electron chi connectivity index (χ2n) is 4.32. The van der Waals surface area contributed by atoms with Gasteiger partial charge in [0.25, 0.3) is 11.7 Å². The second kappa shape index (κ2) is 6.08. The minimum atomic E-state index is -0.976. The highest BCUT2D eigenvalue weighted by atomic mass is 16.6. The van der Waals surface area contributed by atoms with E-state index in [0.717, 1.165) is 4.68 Å². The molecule has 1 amide bonds. The molecule has 0 aromatic carbocycles. The number of aromatic nitrogens is 4. The van der Waals surface area contributed by atoms with E-state index in [9.17, 15) is 25.0 Å². The molecule has 122 valence electrons. The SMILES string of the molecule is CCn1cc(C(=O)NNc2c([N+](=O)[O-])c([N+](=O)[O-])nn2C)cn1. The predicted octanol–water partition coefficient (Wildman–Crippen LogP) is 0.210. The number of amides is 1. The molecule has 0 aliphatic carbocycles. The number of aryl methyl sites for hydroxylation is 2. The van der Waals surface area contributed by atoms with E-state index < -0.39 is 27.3 Å². The minimum absolute atomic E-state index is 0.221. The molecule has 0 aliphatic heterocycles. The van der Waals surface area contributed by atoms with Crippen molar-refractivity contribution >= 4 is 23.2 Å². The highest BCUT2D eigenvalue weighted by molar-refractivity contribution is 5.94. The zero-order valence-corrected chi connectivity index (χ0v) is 12.1. The van der Waals surface area contributed by atoms with E-state index in [-0.39, 0.29) is 11.4 Å². The van der Waals surface area contributed by atoms with Gasteiger partial charge in [-0.15, -0.1) is 0 Å². The number of carbonyl (C=O) groups excluding carboxylic acids is 1. The van der Waals surface area contributed by atoms with Crippen LogP contribution in [-0.4, -0.2) is 35.3 Å². The molecular formula is C10H12N8O5. The van der Waals surface area contributed by atoms with Crippen molar-refractivity contribution in [2.24, 2.45) is 7.05 Å². The lowest BCUT2D eigenvalue weighted by atomic mass is 10.3. The van der Waals surface area contributed by atoms with Crippen LogP contribution in [0.5, 0.6) is 0 Å². The van der Waals surface area contributed by atoms with Gasteiger partial charge in [-0.25, -0.2) is 0 Å². The van der Waals surface area contributed by atoms with Gasteiger partial charge in [0.15, 0.2) is 0 Å². The monoisotopic (exact) mass is 324 g/mol. The highest BCUT2D eigenvalue weighted by Crippen LogP contribution is 2.32. The average molecular weight is 324 g/mol. The van der Waals surface area contributed by atoms with Crippen LogP contribution in [0, 0.1) is 20.2 Å². The molecule has 2 aromatic heterocycles. The number of carbonyl (C=O) groups is 1. The van der Waals surface area contributed by atoms with Gasteiger partial charge in [-0.3, -0.25) is 30.4 Å². The Kier molecular flexibility index (Phi) is 4.20. The first-order valence-electron chi connectivity index (χ1n) is 6.29. The summed E-state index contributed by atoms with van der Waals surface area (Å²) in [6.45, 7) is 2.41. The maximum Gasteiger partial charge on any atom is 0.470 e. The molecule has 0 spiro atoms. The summed E-state index contributed by atoms with van der Waals surface area (Å²) in [7, 11) is 1.27. The van der Waals surface area contributed by atoms with Crippen molar-refractivity contribution in [3.8, 4) is 0 Å². The van der Waals surface area contributed by atoms with E-state index in [4.69, 9.17) is 0 Å². The first-order chi connectivity index (χ1) is 10.8. The number of anilines is 1. The number of hydrazine groups is 1. The van der Waals surface area contributed by atoms with Crippen LogP contribution in [0.25, 0.3) is 0 Å². The van der Waals surface area contributed by atoms with Crippen molar-refractivity contribution in [3.63, 3.8) is 0 Å². The van der Waals surface area contributed by atoms with Gasteiger partial charge in [0.1, 0.15) is 0 Å². The summed E-state index contributed by atoms with van der Waals surface area (Å²) in [6.07, 6.45) is 2.80. The molecule has 2 N–H and O–H groups in total. The van der Waals surface area contributed by atoms with Gasteiger partial charge in [-0.2, -0.15) is 9.78 Å². The zero-order valence-electron chi connectivity index (χ0n) is 12.1. The number of hydrogen-bond acceptors (Lipinski definition) is 8. The van der Waals surface area contributed by atoms with Gasteiger partial charge in [0, 0.05) is 12.7 Å². The largest absolute Gasteiger partial charge is 0.470 e. The molecule has 13 nitrogen and oxygen atoms in total. The van der Waals surface area contributed by atoms with Crippen LogP contribution < -0.4 is 10.9 Å². The lowest BCUT2D eigenvalue weighted by molar-refractivity contribution is -0.424. The number of hydrogen-bond donors (Lipinski definition) is 2. The van der Waals surface area contributed by atoms with Gasteiger partial charge in [-0.1, -0.05) is 0 Å². The van der Waals surface area contributed by atoms with Gasteiger partial charge >= 0.3 is 11.5 Å². The summed E-state index contributed by atoms with van der Waals surface area (Å²) in [5.74, 6) is -1.85. The quantitative estimate of drug-likeness (QED) is 0.562. The maximum absolute atomic E-state index is 11.9. The Balaban J connectivity index is 2.21. The molecule has 0 aliphatic rings. The molecule has 23 heavy (non-hydrogen) atoms. The number of nitro groups is 2. The Morgan fingerprint density at radius 1 is 1.35 bits per heavy atom.